The molecule has 3 N–H and O–H groups in total. The van der Waals surface area contributed by atoms with Crippen LogP contribution in [0.2, 0.25) is 0 Å². The largest absolute Gasteiger partial charge is 0 e. The minimum atomic E-state index is -2.17. The normalized spacial score (nSPS) is 3.86. The van der Waals surface area contributed by atoms with Crippen LogP contribution in [0.5, 0.6) is 0 Å². The van der Waals surface area contributed by atoms with Crippen LogP contribution in [0.25, 0.3) is 0 Å². The van der Waals surface area contributed by atoms with E-state index in [1.54, 1.807) is 0 Å². The number of hydrogen-bond donors (Lipinski definition) is 3. The molecule has 0 fully saturated rings. The van der Waals surface area contributed by atoms with Gasteiger partial charge in [0.05, 0.1) is 0 Å². The Labute approximate surface area is 87.1 Å². The maximum absolute atomic E-state index is 7.17. The third-order valence-corrected chi connectivity index (χ3v) is 0. The molecule has 0 atom stereocenters. The Hall–Kier alpha value is 2.10. The van der Waals surface area contributed by atoms with Gasteiger partial charge in [0.25, 0.3) is 0 Å². The molecule has 7 heteroatoms. The van der Waals surface area contributed by atoms with Crippen molar-refractivity contribution < 1.29 is 56.9 Å². The van der Waals surface area contributed by atoms with E-state index < -0.39 is 7.32 Å². The fourth-order valence-corrected chi connectivity index (χ4v) is 0. The van der Waals surface area contributed by atoms with Gasteiger partial charge in [-0.15, -0.1) is 0 Å². The predicted molar refractivity (Wildman–Crippen MR) is 21.0 cm³/mol. The van der Waals surface area contributed by atoms with Crippen LogP contribution in [-0.2, 0) is 41.9 Å². The van der Waals surface area contributed by atoms with Crippen LogP contribution in [-0.4, -0.2) is 46.1 Å². The van der Waals surface area contributed by atoms with Crippen molar-refractivity contribution in [3.05, 3.63) is 0 Å². The van der Waals surface area contributed by atoms with Gasteiger partial charge in [0.1, 0.15) is 0 Å². The van der Waals surface area contributed by atoms with Gasteiger partial charge in [-0.25, -0.2) is 0 Å². The summed E-state index contributed by atoms with van der Waals surface area (Å²) in [6.07, 6.45) is 0. The molecule has 0 amide bonds. The molecule has 0 aliphatic carbocycles. The van der Waals surface area contributed by atoms with Crippen LogP contribution in [0.15, 0.2) is 0 Å². The first-order valence-electron chi connectivity index (χ1n) is 0.775. The Morgan fingerprint density at radius 3 is 1.00 bits per heavy atom. The van der Waals surface area contributed by atoms with Gasteiger partial charge >= 0.3 is 31.0 Å². The van der Waals surface area contributed by atoms with E-state index in [4.69, 9.17) is 15.1 Å². The molecule has 0 rings (SSSR count). The second-order valence-electron chi connectivity index (χ2n) is 0.346. The second-order valence-corrected chi connectivity index (χ2v) is 0.346. The van der Waals surface area contributed by atoms with Gasteiger partial charge in [-0.2, -0.15) is 0 Å². The Bertz CT molecular complexity index is 19.7. The molecule has 0 aromatic carbocycles. The van der Waals surface area contributed by atoms with E-state index in [0.29, 0.717) is 0 Å². The summed E-state index contributed by atoms with van der Waals surface area (Å²) in [5.41, 5.74) is 0. The summed E-state index contributed by atoms with van der Waals surface area (Å²) in [6.45, 7) is 0. The zero-order valence-corrected chi connectivity index (χ0v) is 12.6. The van der Waals surface area contributed by atoms with Gasteiger partial charge in [-0.3, -0.25) is 0 Å². The van der Waals surface area contributed by atoms with Crippen molar-refractivity contribution in [1.82, 2.24) is 0 Å². The number of hydrogen-bond acceptors (Lipinski definition) is 3. The molecular weight excluding hydrogens is 433 g/mol. The summed E-state index contributed by atoms with van der Waals surface area (Å²) in [7, 11) is -2.17. The van der Waals surface area contributed by atoms with E-state index in [0.717, 1.165) is 0 Å². The average Bonchev–Trinajstić information content (AvgIpc) is 0.811. The fraction of sp³-hybridized carbons (Fsp3) is 0. The van der Waals surface area contributed by atoms with E-state index in [-0.39, 0.29) is 65.5 Å². The van der Waals surface area contributed by atoms with Crippen molar-refractivity contribution in [2.45, 2.75) is 0 Å². The zero-order valence-electron chi connectivity index (χ0n) is 3.57. The van der Waals surface area contributed by atoms with E-state index in [1.165, 1.54) is 0 Å². The molecular formula is H5BO3TaTeZn. The van der Waals surface area contributed by atoms with Crippen molar-refractivity contribution in [3.8, 4) is 0 Å². The van der Waals surface area contributed by atoms with Gasteiger partial charge in [0.2, 0.25) is 0 Å². The van der Waals surface area contributed by atoms with Crippen LogP contribution in [0.1, 0.15) is 0 Å². The standard InChI is InChI=1S/BH3O3.Ta.H2Te.Zn/c2-1(3)4;;;/h2-4H;;1H2;. The summed E-state index contributed by atoms with van der Waals surface area (Å²) in [5, 5.41) is 21.5. The second kappa shape index (κ2) is 15.7. The molecule has 0 saturated heterocycles. The van der Waals surface area contributed by atoms with E-state index in [1.807, 2.05) is 0 Å². The van der Waals surface area contributed by atoms with Crippen molar-refractivity contribution in [1.29, 1.82) is 0 Å². The Kier molecular flexibility index (Phi) is 51.5. The molecule has 0 aromatic heterocycles. The first-order chi connectivity index (χ1) is 1.73. The van der Waals surface area contributed by atoms with Gasteiger partial charge < -0.3 is 15.1 Å². The Morgan fingerprint density at radius 2 is 1.00 bits per heavy atom. The smallest absolute Gasteiger partial charge is 0 e. The molecule has 39 valence electrons. The van der Waals surface area contributed by atoms with Gasteiger partial charge in [0.15, 0.2) is 0 Å². The van der Waals surface area contributed by atoms with Crippen molar-refractivity contribution >= 4 is 31.0 Å². The molecule has 7 heavy (non-hydrogen) atoms. The third-order valence-electron chi connectivity index (χ3n) is 0. The minimum Gasteiger partial charge on any atom is 0 e. The summed E-state index contributed by atoms with van der Waals surface area (Å²) >= 11 is 0. The van der Waals surface area contributed by atoms with Gasteiger partial charge in [-0.05, 0) is 0 Å². The quantitative estimate of drug-likeness (QED) is 0.355. The van der Waals surface area contributed by atoms with Crippen molar-refractivity contribution in [3.63, 3.8) is 0 Å². The first kappa shape index (κ1) is 23.0. The summed E-state index contributed by atoms with van der Waals surface area (Å²) < 4.78 is 0. The van der Waals surface area contributed by atoms with Crippen LogP contribution in [0.4, 0.5) is 0 Å². The molecule has 0 bridgehead atoms. The molecule has 3 nitrogen and oxygen atoms in total. The minimum absolute atomic E-state index is 0. The van der Waals surface area contributed by atoms with Crippen LogP contribution < -0.4 is 0 Å². The van der Waals surface area contributed by atoms with Crippen LogP contribution in [0, 0.1) is 0 Å². The molecule has 0 aliphatic heterocycles. The molecule has 0 heterocycles. The van der Waals surface area contributed by atoms with Crippen LogP contribution in [0.3, 0.4) is 0 Å². The predicted octanol–water partition coefficient (Wildman–Crippen LogP) is -2.97. The fourth-order valence-electron chi connectivity index (χ4n) is 0. The molecule has 0 aliphatic rings. The molecule has 1 radical (unpaired) electrons. The zero-order chi connectivity index (χ0) is 3.58. The Balaban J connectivity index is -0.0000000150. The molecule has 0 spiro atoms. The summed E-state index contributed by atoms with van der Waals surface area (Å²) in [4.78, 5) is 0. The van der Waals surface area contributed by atoms with E-state index in [9.17, 15) is 0 Å². The van der Waals surface area contributed by atoms with Crippen LogP contribution >= 0.6 is 0 Å². The maximum Gasteiger partial charge on any atom is 0 e. The van der Waals surface area contributed by atoms with E-state index in [2.05, 4.69) is 0 Å². The van der Waals surface area contributed by atoms with Crippen molar-refractivity contribution in [2.24, 2.45) is 0 Å². The van der Waals surface area contributed by atoms with Gasteiger partial charge in [-0.1, -0.05) is 0 Å². The SMILES string of the molecule is OB(O)O.[Ta].[TeH2].[Zn]. The number of rotatable bonds is 0. The maximum atomic E-state index is 7.17. The molecule has 0 saturated carbocycles. The average molecular weight is 438 g/mol. The topological polar surface area (TPSA) is 60.7 Å². The van der Waals surface area contributed by atoms with Gasteiger partial charge in [0, 0.05) is 41.9 Å². The van der Waals surface area contributed by atoms with Crippen molar-refractivity contribution in [2.75, 3.05) is 0 Å². The third kappa shape index (κ3) is 68.4. The van der Waals surface area contributed by atoms with E-state index >= 15 is 0 Å². The first-order valence-corrected chi connectivity index (χ1v) is 0.775. The molecule has 0 unspecified atom stereocenters. The molecule has 0 aromatic rings. The summed E-state index contributed by atoms with van der Waals surface area (Å²) in [6, 6.07) is 0. The Morgan fingerprint density at radius 1 is 1.00 bits per heavy atom. The monoisotopic (exact) mass is 439 g/mol. The summed E-state index contributed by atoms with van der Waals surface area (Å²) in [5.74, 6) is 0.